The number of aromatic nitrogens is 2. The number of methoxy groups -OCH3 is 1. The molecule has 6 nitrogen and oxygen atoms in total. The molecule has 0 aliphatic rings. The molecule has 0 radical (unpaired) electrons. The Morgan fingerprint density at radius 2 is 2.33 bits per heavy atom. The summed E-state index contributed by atoms with van der Waals surface area (Å²) >= 11 is 0. The van der Waals surface area contributed by atoms with E-state index in [1.165, 1.54) is 6.20 Å². The molecule has 1 rings (SSSR count). The minimum Gasteiger partial charge on any atom is -0.383 e. The zero-order chi connectivity index (χ0) is 11.3. The van der Waals surface area contributed by atoms with Gasteiger partial charge in [-0.2, -0.15) is 5.10 Å². The van der Waals surface area contributed by atoms with E-state index >= 15 is 0 Å². The van der Waals surface area contributed by atoms with Gasteiger partial charge in [0.15, 0.2) is 0 Å². The Labute approximate surface area is 89.3 Å². The quantitative estimate of drug-likeness (QED) is 0.766. The van der Waals surface area contributed by atoms with Gasteiger partial charge in [-0.1, -0.05) is 0 Å². The summed E-state index contributed by atoms with van der Waals surface area (Å²) in [5, 5.41) is 3.98. The van der Waals surface area contributed by atoms with Crippen LogP contribution in [0, 0.1) is 0 Å². The summed E-state index contributed by atoms with van der Waals surface area (Å²) in [5.74, 6) is 0.0518. The highest BCUT2D eigenvalue weighted by atomic mass is 32.2. The molecule has 0 saturated carbocycles. The van der Waals surface area contributed by atoms with Crippen molar-refractivity contribution in [1.29, 1.82) is 0 Å². The summed E-state index contributed by atoms with van der Waals surface area (Å²) in [6, 6.07) is 0. The summed E-state index contributed by atoms with van der Waals surface area (Å²) in [4.78, 5) is 0. The first-order valence-corrected chi connectivity index (χ1v) is 6.24. The molecule has 1 heterocycles. The second-order valence-electron chi connectivity index (χ2n) is 2.99. The van der Waals surface area contributed by atoms with Crippen molar-refractivity contribution in [2.45, 2.75) is 13.5 Å². The molecule has 1 N–H and O–H groups in total. The predicted molar refractivity (Wildman–Crippen MR) is 57.2 cm³/mol. The molecule has 15 heavy (non-hydrogen) atoms. The van der Waals surface area contributed by atoms with Gasteiger partial charge in [-0.05, 0) is 6.92 Å². The molecule has 0 unspecified atom stereocenters. The van der Waals surface area contributed by atoms with Crippen LogP contribution in [-0.4, -0.2) is 37.7 Å². The molecule has 0 bridgehead atoms. The van der Waals surface area contributed by atoms with E-state index in [2.05, 4.69) is 9.82 Å². The van der Waals surface area contributed by atoms with E-state index in [0.717, 1.165) is 0 Å². The zero-order valence-corrected chi connectivity index (χ0v) is 9.62. The van der Waals surface area contributed by atoms with E-state index in [1.807, 2.05) is 0 Å². The topological polar surface area (TPSA) is 73.2 Å². The van der Waals surface area contributed by atoms with E-state index < -0.39 is 10.0 Å². The number of nitrogens with zero attached hydrogens (tertiary/aromatic N) is 2. The Hall–Kier alpha value is -1.08. The van der Waals surface area contributed by atoms with Crippen LogP contribution in [0.15, 0.2) is 12.4 Å². The smallest absolute Gasteiger partial charge is 0.232 e. The van der Waals surface area contributed by atoms with Crippen molar-refractivity contribution >= 4 is 15.7 Å². The molecule has 86 valence electrons. The molecule has 0 aromatic carbocycles. The van der Waals surface area contributed by atoms with E-state index in [1.54, 1.807) is 24.9 Å². The average molecular weight is 233 g/mol. The Morgan fingerprint density at radius 1 is 1.60 bits per heavy atom. The second-order valence-corrected chi connectivity index (χ2v) is 5.00. The molecule has 7 heteroatoms. The average Bonchev–Trinajstić information content (AvgIpc) is 2.62. The molecule has 0 aliphatic carbocycles. The summed E-state index contributed by atoms with van der Waals surface area (Å²) in [6.07, 6.45) is 3.11. The Bertz CT molecular complexity index is 399. The highest BCUT2D eigenvalue weighted by Gasteiger charge is 2.07. The lowest BCUT2D eigenvalue weighted by molar-refractivity contribution is 0.183. The lowest BCUT2D eigenvalue weighted by atomic mass is 10.6. The number of nitrogens with one attached hydrogen (secondary N) is 1. The number of hydrogen-bond donors (Lipinski definition) is 1. The van der Waals surface area contributed by atoms with Crippen LogP contribution < -0.4 is 4.72 Å². The van der Waals surface area contributed by atoms with Crippen molar-refractivity contribution in [1.82, 2.24) is 9.78 Å². The lowest BCUT2D eigenvalue weighted by Gasteiger charge is -2.01. The summed E-state index contributed by atoms with van der Waals surface area (Å²) < 4.78 is 31.4. The van der Waals surface area contributed by atoms with E-state index in [9.17, 15) is 8.42 Å². The Balaban J connectivity index is 2.60. The third-order valence-corrected chi connectivity index (χ3v) is 3.12. The Morgan fingerprint density at radius 3 is 2.93 bits per heavy atom. The fraction of sp³-hybridized carbons (Fsp3) is 0.625. The van der Waals surface area contributed by atoms with Crippen LogP contribution in [0.5, 0.6) is 0 Å². The monoisotopic (exact) mass is 233 g/mol. The van der Waals surface area contributed by atoms with Crippen molar-refractivity contribution in [2.75, 3.05) is 24.2 Å². The summed E-state index contributed by atoms with van der Waals surface area (Å²) in [7, 11) is -1.61. The van der Waals surface area contributed by atoms with Gasteiger partial charge >= 0.3 is 0 Å². The largest absolute Gasteiger partial charge is 0.383 e. The first-order valence-electron chi connectivity index (χ1n) is 4.59. The Kier molecular flexibility index (Phi) is 4.10. The lowest BCUT2D eigenvalue weighted by Crippen LogP contribution is -2.14. The fourth-order valence-electron chi connectivity index (χ4n) is 0.975. The normalized spacial score (nSPS) is 11.6. The van der Waals surface area contributed by atoms with Gasteiger partial charge in [0.2, 0.25) is 10.0 Å². The molecule has 0 amide bonds. The van der Waals surface area contributed by atoms with Crippen molar-refractivity contribution in [3.05, 3.63) is 12.4 Å². The number of sulfonamides is 1. The number of ether oxygens (including phenoxy) is 1. The number of rotatable bonds is 6. The van der Waals surface area contributed by atoms with E-state index in [0.29, 0.717) is 18.8 Å². The van der Waals surface area contributed by atoms with Gasteiger partial charge in [-0.25, -0.2) is 8.42 Å². The van der Waals surface area contributed by atoms with Gasteiger partial charge in [-0.3, -0.25) is 9.40 Å². The van der Waals surface area contributed by atoms with Crippen molar-refractivity contribution in [3.63, 3.8) is 0 Å². The molecule has 0 aliphatic heterocycles. The molecular weight excluding hydrogens is 218 g/mol. The molecule has 0 spiro atoms. The highest BCUT2D eigenvalue weighted by Crippen LogP contribution is 2.07. The van der Waals surface area contributed by atoms with Gasteiger partial charge in [0.25, 0.3) is 0 Å². The van der Waals surface area contributed by atoms with Crippen molar-refractivity contribution in [2.24, 2.45) is 0 Å². The van der Waals surface area contributed by atoms with Crippen LogP contribution in [-0.2, 0) is 21.3 Å². The van der Waals surface area contributed by atoms with Gasteiger partial charge < -0.3 is 4.74 Å². The molecule has 0 atom stereocenters. The van der Waals surface area contributed by atoms with Crippen LogP contribution in [0.4, 0.5) is 5.69 Å². The maximum absolute atomic E-state index is 11.2. The molecular formula is C8H15N3O3S. The molecule has 0 saturated heterocycles. The summed E-state index contributed by atoms with van der Waals surface area (Å²) in [5.41, 5.74) is 0.480. The zero-order valence-electron chi connectivity index (χ0n) is 8.80. The van der Waals surface area contributed by atoms with Gasteiger partial charge in [0.1, 0.15) is 0 Å². The van der Waals surface area contributed by atoms with Crippen LogP contribution in [0.3, 0.4) is 0 Å². The van der Waals surface area contributed by atoms with E-state index in [4.69, 9.17) is 4.74 Å². The minimum absolute atomic E-state index is 0.0518. The standard InChI is InChI=1S/C8H15N3O3S/c1-3-15(12,13)10-8-6-9-11(7-8)4-5-14-2/h6-7,10H,3-5H2,1-2H3. The second kappa shape index (κ2) is 5.13. The van der Waals surface area contributed by atoms with Crippen molar-refractivity contribution < 1.29 is 13.2 Å². The van der Waals surface area contributed by atoms with Crippen LogP contribution in [0.25, 0.3) is 0 Å². The first kappa shape index (κ1) is 12.0. The highest BCUT2D eigenvalue weighted by molar-refractivity contribution is 7.92. The molecule has 1 aromatic heterocycles. The van der Waals surface area contributed by atoms with Crippen LogP contribution in [0.1, 0.15) is 6.92 Å². The fourth-order valence-corrected chi connectivity index (χ4v) is 1.58. The third-order valence-electron chi connectivity index (χ3n) is 1.81. The SMILES string of the molecule is CCS(=O)(=O)Nc1cnn(CCOC)c1. The van der Waals surface area contributed by atoms with Gasteiger partial charge in [0.05, 0.1) is 30.8 Å². The summed E-state index contributed by atoms with van der Waals surface area (Å²) in [6.45, 7) is 2.73. The van der Waals surface area contributed by atoms with Crippen molar-refractivity contribution in [3.8, 4) is 0 Å². The number of hydrogen-bond acceptors (Lipinski definition) is 4. The first-order chi connectivity index (χ1) is 7.07. The number of anilines is 1. The molecule has 0 fully saturated rings. The minimum atomic E-state index is -3.21. The van der Waals surface area contributed by atoms with E-state index in [-0.39, 0.29) is 5.75 Å². The molecule has 1 aromatic rings. The van der Waals surface area contributed by atoms with Gasteiger partial charge in [-0.15, -0.1) is 0 Å². The van der Waals surface area contributed by atoms with Crippen LogP contribution >= 0.6 is 0 Å². The van der Waals surface area contributed by atoms with Gasteiger partial charge in [0, 0.05) is 13.3 Å². The van der Waals surface area contributed by atoms with Crippen LogP contribution in [0.2, 0.25) is 0 Å². The maximum atomic E-state index is 11.2. The predicted octanol–water partition coefficient (Wildman–Crippen LogP) is 0.291. The third kappa shape index (κ3) is 3.88. The maximum Gasteiger partial charge on any atom is 0.232 e.